The van der Waals surface area contributed by atoms with E-state index in [-0.39, 0.29) is 0 Å². The Hall–Kier alpha value is -0.720. The van der Waals surface area contributed by atoms with E-state index >= 15 is 0 Å². The molecule has 1 unspecified atom stereocenters. The molecule has 0 aliphatic carbocycles. The first-order chi connectivity index (χ1) is 8.24. The maximum absolute atomic E-state index is 5.47. The van der Waals surface area contributed by atoms with Crippen molar-refractivity contribution in [2.75, 3.05) is 6.61 Å². The van der Waals surface area contributed by atoms with Crippen molar-refractivity contribution in [3.8, 4) is 0 Å². The molecule has 1 nitrogen and oxygen atoms in total. The molecule has 0 fully saturated rings. The van der Waals surface area contributed by atoms with Gasteiger partial charge in [0.1, 0.15) is 0 Å². The van der Waals surface area contributed by atoms with Crippen LogP contribution in [0.2, 0.25) is 0 Å². The van der Waals surface area contributed by atoms with Crippen molar-refractivity contribution in [1.82, 2.24) is 0 Å². The van der Waals surface area contributed by atoms with Crippen LogP contribution in [0.5, 0.6) is 0 Å². The fourth-order valence-corrected chi connectivity index (χ4v) is 2.17. The third-order valence-corrected chi connectivity index (χ3v) is 3.10. The van der Waals surface area contributed by atoms with Gasteiger partial charge in [0.15, 0.2) is 0 Å². The van der Waals surface area contributed by atoms with Gasteiger partial charge in [-0.1, -0.05) is 45.3 Å². The van der Waals surface area contributed by atoms with E-state index in [0.29, 0.717) is 0 Å². The van der Waals surface area contributed by atoms with E-state index in [1.165, 1.54) is 38.5 Å². The molecule has 0 aliphatic rings. The predicted molar refractivity (Wildman–Crippen MR) is 77.1 cm³/mol. The van der Waals surface area contributed by atoms with Gasteiger partial charge in [-0.15, -0.1) is 6.58 Å². The number of allylic oxidation sites excluding steroid dienone is 2. The summed E-state index contributed by atoms with van der Waals surface area (Å²) in [6.45, 7) is 12.8. The first kappa shape index (κ1) is 16.3. The van der Waals surface area contributed by atoms with Crippen LogP contribution >= 0.6 is 0 Å². The van der Waals surface area contributed by atoms with Crippen molar-refractivity contribution < 1.29 is 4.74 Å². The van der Waals surface area contributed by atoms with Crippen LogP contribution in [0.3, 0.4) is 0 Å². The molecule has 0 N–H and O–H groups in total. The fraction of sp³-hybridized carbons (Fsp3) is 0.750. The van der Waals surface area contributed by atoms with Gasteiger partial charge in [-0.05, 0) is 32.1 Å². The maximum atomic E-state index is 5.47. The summed E-state index contributed by atoms with van der Waals surface area (Å²) < 4.78 is 5.47. The highest BCUT2D eigenvalue weighted by molar-refractivity contribution is 4.85. The SMILES string of the molecule is C=CCCCC(CCCCC)CC(=C)OCC. The fourth-order valence-electron chi connectivity index (χ4n) is 2.17. The van der Waals surface area contributed by atoms with Gasteiger partial charge in [0.05, 0.1) is 12.4 Å². The highest BCUT2D eigenvalue weighted by Gasteiger charge is 2.10. The van der Waals surface area contributed by atoms with Crippen molar-refractivity contribution in [2.24, 2.45) is 5.92 Å². The number of ether oxygens (including phenoxy) is 1. The first-order valence-corrected chi connectivity index (χ1v) is 7.16. The Morgan fingerprint density at radius 1 is 1.18 bits per heavy atom. The van der Waals surface area contributed by atoms with Crippen molar-refractivity contribution in [3.05, 3.63) is 25.0 Å². The third kappa shape index (κ3) is 10.2. The molecule has 0 heterocycles. The lowest BCUT2D eigenvalue weighted by Gasteiger charge is -2.18. The van der Waals surface area contributed by atoms with Crippen LogP contribution in [0.25, 0.3) is 0 Å². The summed E-state index contributed by atoms with van der Waals surface area (Å²) in [7, 11) is 0. The van der Waals surface area contributed by atoms with Crippen molar-refractivity contribution in [3.63, 3.8) is 0 Å². The molecule has 0 aliphatic heterocycles. The second-order valence-electron chi connectivity index (χ2n) is 4.76. The van der Waals surface area contributed by atoms with Gasteiger partial charge in [0.2, 0.25) is 0 Å². The minimum absolute atomic E-state index is 0.743. The van der Waals surface area contributed by atoms with Crippen LogP contribution in [0.1, 0.15) is 65.2 Å². The molecular weight excluding hydrogens is 208 g/mol. The average Bonchev–Trinajstić information content (AvgIpc) is 2.29. The normalized spacial score (nSPS) is 12.1. The molecule has 0 aromatic heterocycles. The van der Waals surface area contributed by atoms with Crippen LogP contribution in [-0.4, -0.2) is 6.61 Å². The van der Waals surface area contributed by atoms with Crippen LogP contribution in [0, 0.1) is 5.92 Å². The van der Waals surface area contributed by atoms with Gasteiger partial charge in [-0.3, -0.25) is 0 Å². The minimum Gasteiger partial charge on any atom is -0.499 e. The highest BCUT2D eigenvalue weighted by atomic mass is 16.5. The summed E-state index contributed by atoms with van der Waals surface area (Å²) in [5.74, 6) is 1.72. The molecule has 0 amide bonds. The number of hydrogen-bond donors (Lipinski definition) is 0. The van der Waals surface area contributed by atoms with E-state index in [2.05, 4.69) is 20.1 Å². The molecule has 0 rings (SSSR count). The number of rotatable bonds is 12. The van der Waals surface area contributed by atoms with Crippen LogP contribution in [0.15, 0.2) is 25.0 Å². The Morgan fingerprint density at radius 3 is 2.47 bits per heavy atom. The first-order valence-electron chi connectivity index (χ1n) is 7.16. The minimum atomic E-state index is 0.743. The molecule has 1 atom stereocenters. The summed E-state index contributed by atoms with van der Waals surface area (Å²) in [4.78, 5) is 0. The van der Waals surface area contributed by atoms with E-state index in [1.807, 2.05) is 13.0 Å². The topological polar surface area (TPSA) is 9.23 Å². The lowest BCUT2D eigenvalue weighted by Crippen LogP contribution is -2.04. The van der Waals surface area contributed by atoms with Gasteiger partial charge in [-0.2, -0.15) is 0 Å². The van der Waals surface area contributed by atoms with Crippen LogP contribution in [-0.2, 0) is 4.74 Å². The summed E-state index contributed by atoms with van der Waals surface area (Å²) in [5, 5.41) is 0. The van der Waals surface area contributed by atoms with Crippen molar-refractivity contribution in [2.45, 2.75) is 65.2 Å². The Bertz CT molecular complexity index is 196. The maximum Gasteiger partial charge on any atom is 0.0890 e. The summed E-state index contributed by atoms with van der Waals surface area (Å²) in [6, 6.07) is 0. The van der Waals surface area contributed by atoms with E-state index in [4.69, 9.17) is 4.74 Å². The second-order valence-corrected chi connectivity index (χ2v) is 4.76. The molecule has 0 aromatic carbocycles. The van der Waals surface area contributed by atoms with Gasteiger partial charge in [-0.25, -0.2) is 0 Å². The zero-order valence-electron chi connectivity index (χ0n) is 11.8. The smallest absolute Gasteiger partial charge is 0.0890 e. The lowest BCUT2D eigenvalue weighted by atomic mass is 9.92. The lowest BCUT2D eigenvalue weighted by molar-refractivity contribution is 0.202. The molecule has 17 heavy (non-hydrogen) atoms. The van der Waals surface area contributed by atoms with E-state index in [0.717, 1.165) is 31.1 Å². The molecule has 0 radical (unpaired) electrons. The van der Waals surface area contributed by atoms with Crippen LogP contribution < -0.4 is 0 Å². The van der Waals surface area contributed by atoms with Crippen molar-refractivity contribution >= 4 is 0 Å². The standard InChI is InChI=1S/C16H30O/c1-5-8-10-12-16(13-11-9-6-2)14-15(4)17-7-3/h5,16H,1,4,6-14H2,2-3H3. The molecule has 0 saturated heterocycles. The highest BCUT2D eigenvalue weighted by Crippen LogP contribution is 2.24. The van der Waals surface area contributed by atoms with Gasteiger partial charge >= 0.3 is 0 Å². The molecular formula is C16H30O. The molecule has 0 saturated carbocycles. The predicted octanol–water partition coefficient (Wildman–Crippen LogP) is 5.48. The summed E-state index contributed by atoms with van der Waals surface area (Å²) in [6.07, 6.45) is 12.0. The number of hydrogen-bond acceptors (Lipinski definition) is 1. The van der Waals surface area contributed by atoms with Crippen LogP contribution in [0.4, 0.5) is 0 Å². The monoisotopic (exact) mass is 238 g/mol. The van der Waals surface area contributed by atoms with Gasteiger partial charge < -0.3 is 4.74 Å². The molecule has 1 heteroatoms. The Morgan fingerprint density at radius 2 is 1.88 bits per heavy atom. The Balaban J connectivity index is 3.90. The van der Waals surface area contributed by atoms with Crippen molar-refractivity contribution in [1.29, 1.82) is 0 Å². The number of unbranched alkanes of at least 4 members (excludes halogenated alkanes) is 3. The largest absolute Gasteiger partial charge is 0.499 e. The van der Waals surface area contributed by atoms with E-state index in [1.54, 1.807) is 0 Å². The Labute approximate surface area is 108 Å². The van der Waals surface area contributed by atoms with Gasteiger partial charge in [0.25, 0.3) is 0 Å². The quantitative estimate of drug-likeness (QED) is 0.248. The average molecular weight is 238 g/mol. The zero-order valence-corrected chi connectivity index (χ0v) is 11.8. The summed E-state index contributed by atoms with van der Waals surface area (Å²) >= 11 is 0. The molecule has 0 aromatic rings. The van der Waals surface area contributed by atoms with E-state index < -0.39 is 0 Å². The molecule has 0 bridgehead atoms. The molecule has 0 spiro atoms. The third-order valence-electron chi connectivity index (χ3n) is 3.10. The van der Waals surface area contributed by atoms with Gasteiger partial charge in [0, 0.05) is 6.42 Å². The second kappa shape index (κ2) is 11.8. The Kier molecular flexibility index (Phi) is 11.3. The molecule has 100 valence electrons. The van der Waals surface area contributed by atoms with E-state index in [9.17, 15) is 0 Å². The summed E-state index contributed by atoms with van der Waals surface area (Å²) in [5.41, 5.74) is 0. The zero-order chi connectivity index (χ0) is 12.9.